The Hall–Kier alpha value is -1.86. The van der Waals surface area contributed by atoms with Crippen LogP contribution in [-0.2, 0) is 0 Å². The average molecular weight is 314 g/mol. The van der Waals surface area contributed by atoms with Gasteiger partial charge in [-0.3, -0.25) is 14.9 Å². The number of nitro benzene ring substituents is 1. The molecule has 0 radical (unpaired) electrons. The lowest BCUT2D eigenvalue weighted by Crippen LogP contribution is -2.31. The fraction of sp³-hybridized carbons (Fsp3) is 0.462. The molecule has 2 unspecified atom stereocenters. The molecule has 2 atom stereocenters. The van der Waals surface area contributed by atoms with Crippen LogP contribution in [0, 0.1) is 16.0 Å². The smallest absolute Gasteiger partial charge is 0.271 e. The number of aliphatic hydroxyl groups excluding tert-OH is 1. The van der Waals surface area contributed by atoms with Crippen molar-refractivity contribution in [3.8, 4) is 0 Å². The number of rotatable bonds is 3. The fourth-order valence-electron chi connectivity index (χ4n) is 2.42. The summed E-state index contributed by atoms with van der Waals surface area (Å²) >= 11 is 5.85. The first-order valence-corrected chi connectivity index (χ1v) is 6.89. The molecule has 7 nitrogen and oxygen atoms in total. The van der Waals surface area contributed by atoms with Gasteiger partial charge in [-0.25, -0.2) is 0 Å². The van der Waals surface area contributed by atoms with Gasteiger partial charge in [0.15, 0.2) is 0 Å². The number of anilines is 1. The number of hydrogen-bond acceptors (Lipinski definition) is 5. The van der Waals surface area contributed by atoms with Gasteiger partial charge in [-0.2, -0.15) is 0 Å². The molecular formula is C13H16ClN3O4. The molecule has 1 aliphatic rings. The highest BCUT2D eigenvalue weighted by molar-refractivity contribution is 6.34. The first-order chi connectivity index (χ1) is 9.81. The molecule has 0 saturated carbocycles. The van der Waals surface area contributed by atoms with E-state index in [-0.39, 0.29) is 27.9 Å². The van der Waals surface area contributed by atoms with E-state index in [1.807, 2.05) is 0 Å². The third kappa shape index (κ3) is 3.08. The zero-order chi connectivity index (χ0) is 15.7. The second-order valence-corrected chi connectivity index (χ2v) is 5.59. The van der Waals surface area contributed by atoms with Crippen LogP contribution in [0.1, 0.15) is 23.7 Å². The number of nitro groups is 1. The highest BCUT2D eigenvalue weighted by Crippen LogP contribution is 2.31. The molecule has 21 heavy (non-hydrogen) atoms. The highest BCUT2D eigenvalue weighted by Gasteiger charge is 2.31. The van der Waals surface area contributed by atoms with E-state index in [1.165, 1.54) is 4.90 Å². The van der Waals surface area contributed by atoms with E-state index >= 15 is 0 Å². The van der Waals surface area contributed by atoms with Crippen LogP contribution in [0.15, 0.2) is 12.1 Å². The number of carbonyl (C=O) groups is 1. The number of nitrogens with zero attached hydrogens (tertiary/aromatic N) is 2. The molecule has 0 bridgehead atoms. The summed E-state index contributed by atoms with van der Waals surface area (Å²) in [5.74, 6) is -0.398. The number of hydrogen-bond donors (Lipinski definition) is 2. The van der Waals surface area contributed by atoms with Crippen molar-refractivity contribution in [1.82, 2.24) is 4.90 Å². The second kappa shape index (κ2) is 5.87. The summed E-state index contributed by atoms with van der Waals surface area (Å²) in [6, 6.07) is 2.26. The predicted molar refractivity (Wildman–Crippen MR) is 78.2 cm³/mol. The molecule has 1 fully saturated rings. The maximum atomic E-state index is 12.4. The molecule has 1 amide bonds. The van der Waals surface area contributed by atoms with Gasteiger partial charge in [0.2, 0.25) is 0 Å². The van der Waals surface area contributed by atoms with Crippen LogP contribution < -0.4 is 5.73 Å². The van der Waals surface area contributed by atoms with E-state index in [4.69, 9.17) is 17.3 Å². The van der Waals surface area contributed by atoms with Crippen LogP contribution >= 0.6 is 11.6 Å². The molecule has 1 aliphatic heterocycles. The lowest BCUT2D eigenvalue weighted by Gasteiger charge is -2.19. The quantitative estimate of drug-likeness (QED) is 0.501. The van der Waals surface area contributed by atoms with Gasteiger partial charge in [-0.15, -0.1) is 0 Å². The van der Waals surface area contributed by atoms with Crippen LogP contribution in [0.2, 0.25) is 5.02 Å². The normalized spacial score (nSPS) is 19.6. The Kier molecular flexibility index (Phi) is 4.34. The van der Waals surface area contributed by atoms with E-state index in [2.05, 4.69) is 0 Å². The van der Waals surface area contributed by atoms with E-state index in [0.29, 0.717) is 19.5 Å². The zero-order valence-electron chi connectivity index (χ0n) is 11.5. The molecule has 0 aliphatic carbocycles. The van der Waals surface area contributed by atoms with E-state index in [0.717, 1.165) is 12.1 Å². The minimum atomic E-state index is -0.620. The summed E-state index contributed by atoms with van der Waals surface area (Å²) in [5, 5.41) is 20.4. The Morgan fingerprint density at radius 3 is 2.81 bits per heavy atom. The number of non-ortho nitro benzene ring substituents is 1. The predicted octanol–water partition coefficient (Wildman–Crippen LogP) is 1.67. The average Bonchev–Trinajstić information content (AvgIpc) is 2.90. The third-order valence-electron chi connectivity index (χ3n) is 3.75. The summed E-state index contributed by atoms with van der Waals surface area (Å²) < 4.78 is 0. The standard InChI is InChI=1S/C13H16ClN3O4/c1-7(18)8-2-3-16(6-8)13(19)10-4-9(17(20)21)5-11(14)12(10)15/h4-5,7-8,18H,2-3,6,15H2,1H3. The third-order valence-corrected chi connectivity index (χ3v) is 4.06. The van der Waals surface area contributed by atoms with Crippen molar-refractivity contribution >= 4 is 28.9 Å². The number of benzene rings is 1. The molecule has 1 aromatic carbocycles. The summed E-state index contributed by atoms with van der Waals surface area (Å²) in [6.45, 7) is 2.56. The van der Waals surface area contributed by atoms with Gasteiger partial charge in [-0.1, -0.05) is 11.6 Å². The fourth-order valence-corrected chi connectivity index (χ4v) is 2.64. The van der Waals surface area contributed by atoms with E-state index in [1.54, 1.807) is 6.92 Å². The van der Waals surface area contributed by atoms with Crippen molar-refractivity contribution in [3.05, 3.63) is 32.8 Å². The van der Waals surface area contributed by atoms with Crippen molar-refractivity contribution < 1.29 is 14.8 Å². The number of nitrogen functional groups attached to an aromatic ring is 1. The Morgan fingerprint density at radius 2 is 2.29 bits per heavy atom. The second-order valence-electron chi connectivity index (χ2n) is 5.19. The van der Waals surface area contributed by atoms with Gasteiger partial charge in [0, 0.05) is 31.1 Å². The Balaban J connectivity index is 2.29. The number of amides is 1. The topological polar surface area (TPSA) is 110 Å². The summed E-state index contributed by atoms with van der Waals surface area (Å²) in [6.07, 6.45) is 0.181. The molecule has 1 saturated heterocycles. The van der Waals surface area contributed by atoms with E-state index < -0.39 is 16.9 Å². The molecule has 1 heterocycles. The van der Waals surface area contributed by atoms with Crippen LogP contribution in [0.3, 0.4) is 0 Å². The first-order valence-electron chi connectivity index (χ1n) is 6.52. The van der Waals surface area contributed by atoms with Gasteiger partial charge >= 0.3 is 0 Å². The van der Waals surface area contributed by atoms with Crippen molar-refractivity contribution in [2.24, 2.45) is 5.92 Å². The van der Waals surface area contributed by atoms with Crippen molar-refractivity contribution in [3.63, 3.8) is 0 Å². The minimum Gasteiger partial charge on any atom is -0.397 e. The molecule has 3 N–H and O–H groups in total. The van der Waals surface area contributed by atoms with Crippen molar-refractivity contribution in [2.75, 3.05) is 18.8 Å². The Morgan fingerprint density at radius 1 is 1.62 bits per heavy atom. The van der Waals surface area contributed by atoms with Gasteiger partial charge in [0.1, 0.15) is 0 Å². The van der Waals surface area contributed by atoms with Gasteiger partial charge < -0.3 is 15.7 Å². The molecule has 1 aromatic rings. The number of halogens is 1. The lowest BCUT2D eigenvalue weighted by atomic mass is 10.0. The van der Waals surface area contributed by atoms with Gasteiger partial charge in [0.25, 0.3) is 11.6 Å². The molecule has 0 aromatic heterocycles. The largest absolute Gasteiger partial charge is 0.397 e. The van der Waals surface area contributed by atoms with Crippen LogP contribution in [0.5, 0.6) is 0 Å². The van der Waals surface area contributed by atoms with Crippen LogP contribution in [-0.4, -0.2) is 40.0 Å². The monoisotopic (exact) mass is 313 g/mol. The number of carbonyl (C=O) groups excluding carboxylic acids is 1. The SMILES string of the molecule is CC(O)C1CCN(C(=O)c2cc([N+](=O)[O-])cc(Cl)c2N)C1. The summed E-state index contributed by atoms with van der Waals surface area (Å²) in [7, 11) is 0. The Labute approximate surface area is 126 Å². The molecule has 114 valence electrons. The molecule has 2 rings (SSSR count). The molecule has 0 spiro atoms. The highest BCUT2D eigenvalue weighted by atomic mass is 35.5. The Bertz CT molecular complexity index is 591. The number of aliphatic hydroxyl groups is 1. The summed E-state index contributed by atoms with van der Waals surface area (Å²) in [5.41, 5.74) is 5.55. The number of likely N-dealkylation sites (tertiary alicyclic amines) is 1. The van der Waals surface area contributed by atoms with Gasteiger partial charge in [-0.05, 0) is 13.3 Å². The maximum Gasteiger partial charge on any atom is 0.271 e. The maximum absolute atomic E-state index is 12.4. The zero-order valence-corrected chi connectivity index (χ0v) is 12.2. The molecule has 8 heteroatoms. The van der Waals surface area contributed by atoms with Crippen LogP contribution in [0.4, 0.5) is 11.4 Å². The van der Waals surface area contributed by atoms with Crippen LogP contribution in [0.25, 0.3) is 0 Å². The number of nitrogens with two attached hydrogens (primary N) is 1. The van der Waals surface area contributed by atoms with Gasteiger partial charge in [0.05, 0.1) is 27.3 Å². The van der Waals surface area contributed by atoms with Crippen molar-refractivity contribution in [1.29, 1.82) is 0 Å². The first kappa shape index (κ1) is 15.5. The lowest BCUT2D eigenvalue weighted by molar-refractivity contribution is -0.384. The minimum absolute atomic E-state index is 0.00402. The summed E-state index contributed by atoms with van der Waals surface area (Å²) in [4.78, 5) is 24.2. The van der Waals surface area contributed by atoms with E-state index in [9.17, 15) is 20.0 Å². The molecular weight excluding hydrogens is 298 g/mol. The van der Waals surface area contributed by atoms with Crippen molar-refractivity contribution in [2.45, 2.75) is 19.4 Å².